The molecule has 0 aliphatic heterocycles. The third-order valence-corrected chi connectivity index (χ3v) is 5.44. The summed E-state index contributed by atoms with van der Waals surface area (Å²) in [6.07, 6.45) is 0. The molecular formula is C15H14NSe+. The van der Waals surface area contributed by atoms with Crippen LogP contribution in [0.3, 0.4) is 0 Å². The van der Waals surface area contributed by atoms with Gasteiger partial charge in [0.15, 0.2) is 0 Å². The molecule has 17 heavy (non-hydrogen) atoms. The van der Waals surface area contributed by atoms with Crippen LogP contribution in [-0.4, -0.2) is 28.6 Å². The Balaban J connectivity index is 2.32. The van der Waals surface area contributed by atoms with Crippen molar-refractivity contribution in [3.05, 3.63) is 48.5 Å². The van der Waals surface area contributed by atoms with Gasteiger partial charge in [-0.2, -0.15) is 0 Å². The standard InChI is InChI=1S/C15H14NSe/c1-16(2)13-7-8-15-12(10-13)9-11-5-3-4-6-14(11)17-15/h3-10H,1-2H3/q+1. The summed E-state index contributed by atoms with van der Waals surface area (Å²) in [7, 11) is 4.17. The number of rotatable bonds is 1. The molecule has 2 aromatic carbocycles. The summed E-state index contributed by atoms with van der Waals surface area (Å²) in [6, 6.07) is 17.8. The fraction of sp³-hybridized carbons (Fsp3) is 0.133. The van der Waals surface area contributed by atoms with Crippen molar-refractivity contribution >= 4 is 39.5 Å². The fourth-order valence-electron chi connectivity index (χ4n) is 2.00. The molecule has 0 bridgehead atoms. The molecule has 0 N–H and O–H groups in total. The number of fused-ring (bicyclic) bond motifs is 2. The zero-order chi connectivity index (χ0) is 11.8. The molecule has 0 unspecified atom stereocenters. The average molecular weight is 287 g/mol. The monoisotopic (exact) mass is 288 g/mol. The van der Waals surface area contributed by atoms with Gasteiger partial charge in [-0.3, -0.25) is 0 Å². The van der Waals surface area contributed by atoms with Crippen LogP contribution in [0.15, 0.2) is 48.5 Å². The summed E-state index contributed by atoms with van der Waals surface area (Å²) in [5, 5.41) is 2.77. The summed E-state index contributed by atoms with van der Waals surface area (Å²) < 4.78 is 2.98. The van der Waals surface area contributed by atoms with Gasteiger partial charge in [-0.05, 0) is 0 Å². The fourth-order valence-corrected chi connectivity index (χ4v) is 4.10. The predicted octanol–water partition coefficient (Wildman–Crippen LogP) is 3.40. The van der Waals surface area contributed by atoms with Crippen LogP contribution < -0.4 is 4.90 Å². The maximum atomic E-state index is 2.31. The molecule has 1 aromatic heterocycles. The average Bonchev–Trinajstić information content (AvgIpc) is 2.35. The molecule has 0 aliphatic carbocycles. The van der Waals surface area contributed by atoms with Crippen molar-refractivity contribution in [3.63, 3.8) is 0 Å². The summed E-state index contributed by atoms with van der Waals surface area (Å²) in [6.45, 7) is 0. The molecule has 3 rings (SSSR count). The van der Waals surface area contributed by atoms with Gasteiger partial charge in [0.05, 0.1) is 0 Å². The normalized spacial score (nSPS) is 10.9. The summed E-state index contributed by atoms with van der Waals surface area (Å²) in [4.78, 5) is 2.15. The Morgan fingerprint density at radius 3 is 2.41 bits per heavy atom. The Hall–Kier alpha value is -1.37. The minimum atomic E-state index is 0.450. The Kier molecular flexibility index (Phi) is 2.62. The first kappa shape index (κ1) is 10.8. The molecular weight excluding hydrogens is 273 g/mol. The zero-order valence-corrected chi connectivity index (χ0v) is 11.7. The van der Waals surface area contributed by atoms with Crippen molar-refractivity contribution in [1.29, 1.82) is 0 Å². The maximum absolute atomic E-state index is 2.31. The molecule has 3 aromatic rings. The van der Waals surface area contributed by atoms with Gasteiger partial charge < -0.3 is 0 Å². The van der Waals surface area contributed by atoms with Crippen molar-refractivity contribution in [2.45, 2.75) is 0 Å². The number of hydrogen-bond acceptors (Lipinski definition) is 1. The number of anilines is 1. The van der Waals surface area contributed by atoms with E-state index in [2.05, 4.69) is 67.5 Å². The van der Waals surface area contributed by atoms with Crippen LogP contribution in [0, 0.1) is 0 Å². The van der Waals surface area contributed by atoms with Crippen molar-refractivity contribution in [2.24, 2.45) is 0 Å². The first-order valence-corrected chi connectivity index (χ1v) is 7.38. The summed E-state index contributed by atoms with van der Waals surface area (Å²) in [5.74, 6) is 0. The zero-order valence-electron chi connectivity index (χ0n) is 9.97. The number of nitrogens with zero attached hydrogens (tertiary/aromatic N) is 1. The molecule has 1 nitrogen and oxygen atoms in total. The van der Waals surface area contributed by atoms with Crippen LogP contribution in [0.2, 0.25) is 0 Å². The van der Waals surface area contributed by atoms with Crippen LogP contribution in [0.25, 0.3) is 19.3 Å². The van der Waals surface area contributed by atoms with Crippen molar-refractivity contribution in [2.75, 3.05) is 19.0 Å². The van der Waals surface area contributed by atoms with E-state index in [1.165, 1.54) is 25.0 Å². The van der Waals surface area contributed by atoms with Gasteiger partial charge in [0.25, 0.3) is 0 Å². The van der Waals surface area contributed by atoms with E-state index in [9.17, 15) is 0 Å². The molecule has 1 heterocycles. The van der Waals surface area contributed by atoms with Gasteiger partial charge in [-0.15, -0.1) is 0 Å². The second kappa shape index (κ2) is 4.14. The van der Waals surface area contributed by atoms with E-state index in [1.807, 2.05) is 0 Å². The Bertz CT molecular complexity index is 689. The van der Waals surface area contributed by atoms with Crippen LogP contribution in [0.1, 0.15) is 0 Å². The van der Waals surface area contributed by atoms with Gasteiger partial charge in [0.2, 0.25) is 0 Å². The van der Waals surface area contributed by atoms with Crippen LogP contribution in [0.5, 0.6) is 0 Å². The van der Waals surface area contributed by atoms with Gasteiger partial charge in [0.1, 0.15) is 0 Å². The van der Waals surface area contributed by atoms with E-state index in [0.717, 1.165) is 0 Å². The third kappa shape index (κ3) is 1.95. The Morgan fingerprint density at radius 2 is 1.59 bits per heavy atom. The quantitative estimate of drug-likeness (QED) is 0.490. The predicted molar refractivity (Wildman–Crippen MR) is 77.1 cm³/mol. The van der Waals surface area contributed by atoms with Gasteiger partial charge in [-0.1, -0.05) is 0 Å². The SMILES string of the molecule is CN(C)c1ccc2[se+]c3ccccc3cc2c1. The van der Waals surface area contributed by atoms with Crippen molar-refractivity contribution in [1.82, 2.24) is 0 Å². The second-order valence-electron chi connectivity index (χ2n) is 4.40. The third-order valence-electron chi connectivity index (χ3n) is 2.96. The van der Waals surface area contributed by atoms with E-state index in [-0.39, 0.29) is 0 Å². The molecule has 0 fully saturated rings. The Labute approximate surface area is 107 Å². The van der Waals surface area contributed by atoms with Gasteiger partial charge in [0, 0.05) is 0 Å². The van der Waals surface area contributed by atoms with E-state index >= 15 is 0 Å². The van der Waals surface area contributed by atoms with E-state index in [4.69, 9.17) is 0 Å². The van der Waals surface area contributed by atoms with E-state index in [0.29, 0.717) is 14.5 Å². The van der Waals surface area contributed by atoms with E-state index < -0.39 is 0 Å². The van der Waals surface area contributed by atoms with Crippen LogP contribution >= 0.6 is 0 Å². The topological polar surface area (TPSA) is 3.24 Å². The first-order chi connectivity index (χ1) is 8.24. The van der Waals surface area contributed by atoms with Crippen LogP contribution in [-0.2, 0) is 0 Å². The first-order valence-electron chi connectivity index (χ1n) is 5.67. The molecule has 0 radical (unpaired) electrons. The summed E-state index contributed by atoms with van der Waals surface area (Å²) in [5.41, 5.74) is 1.27. The molecule has 0 aliphatic rings. The Morgan fingerprint density at radius 1 is 0.824 bits per heavy atom. The molecule has 84 valence electrons. The minimum absolute atomic E-state index is 0.450. The van der Waals surface area contributed by atoms with Crippen molar-refractivity contribution in [3.8, 4) is 0 Å². The van der Waals surface area contributed by atoms with Gasteiger partial charge in [-0.25, -0.2) is 0 Å². The van der Waals surface area contributed by atoms with Crippen molar-refractivity contribution < 1.29 is 0 Å². The molecule has 0 atom stereocenters. The number of hydrogen-bond donors (Lipinski definition) is 0. The summed E-state index contributed by atoms with van der Waals surface area (Å²) >= 11 is 0.450. The molecule has 0 amide bonds. The molecule has 2 heteroatoms. The van der Waals surface area contributed by atoms with E-state index in [1.54, 1.807) is 0 Å². The second-order valence-corrected chi connectivity index (χ2v) is 6.67. The van der Waals surface area contributed by atoms with Crippen LogP contribution in [0.4, 0.5) is 5.69 Å². The molecule has 0 saturated carbocycles. The van der Waals surface area contributed by atoms with Gasteiger partial charge >= 0.3 is 107 Å². The number of benzene rings is 2. The molecule has 0 saturated heterocycles. The molecule has 0 spiro atoms.